The van der Waals surface area contributed by atoms with Gasteiger partial charge in [0.05, 0.1) is 34.0 Å². The average molecular weight is 537 g/mol. The highest BCUT2D eigenvalue weighted by Gasteiger charge is 2.32. The SMILES string of the molecule is [2H]C([2H])([2H])c1nnn(C)c1-c1cnc2c3cc(Br)ccc3n([C@H](c3ccccc3F)C3CCOCC3)c2c1. The van der Waals surface area contributed by atoms with Gasteiger partial charge >= 0.3 is 0 Å². The summed E-state index contributed by atoms with van der Waals surface area (Å²) in [5.41, 5.74) is 3.95. The van der Waals surface area contributed by atoms with Crippen molar-refractivity contribution in [3.05, 3.63) is 76.3 Å². The normalized spacial score (nSPS) is 17.4. The van der Waals surface area contributed by atoms with Crippen molar-refractivity contribution < 1.29 is 13.2 Å². The Balaban J connectivity index is 1.68. The molecule has 1 atom stereocenters. The first-order chi connectivity index (χ1) is 18.2. The summed E-state index contributed by atoms with van der Waals surface area (Å²) < 4.78 is 49.5. The molecule has 0 spiro atoms. The highest BCUT2D eigenvalue weighted by Crippen LogP contribution is 2.42. The second-order valence-electron chi connectivity index (χ2n) is 8.95. The van der Waals surface area contributed by atoms with E-state index in [0.29, 0.717) is 30.0 Å². The Labute approximate surface area is 215 Å². The van der Waals surface area contributed by atoms with Crippen molar-refractivity contribution in [2.75, 3.05) is 13.2 Å². The Kier molecular flexibility index (Phi) is 4.83. The summed E-state index contributed by atoms with van der Waals surface area (Å²) in [6.07, 6.45) is 3.24. The Morgan fingerprint density at radius 2 is 1.97 bits per heavy atom. The molecule has 1 aliphatic heterocycles. The lowest BCUT2D eigenvalue weighted by Gasteiger charge is -2.33. The van der Waals surface area contributed by atoms with E-state index in [1.165, 1.54) is 10.7 Å². The van der Waals surface area contributed by atoms with Crippen LogP contribution in [0, 0.1) is 18.6 Å². The van der Waals surface area contributed by atoms with E-state index in [-0.39, 0.29) is 23.5 Å². The molecule has 35 heavy (non-hydrogen) atoms. The number of ether oxygens (including phenoxy) is 1. The van der Waals surface area contributed by atoms with Gasteiger partial charge in [-0.3, -0.25) is 4.98 Å². The second kappa shape index (κ2) is 8.84. The van der Waals surface area contributed by atoms with Crippen LogP contribution in [0.5, 0.6) is 0 Å². The molecular weight excluding hydrogens is 509 g/mol. The highest BCUT2D eigenvalue weighted by atomic mass is 79.9. The average Bonchev–Trinajstić information content (AvgIpc) is 3.44. The summed E-state index contributed by atoms with van der Waals surface area (Å²) in [7, 11) is 1.67. The van der Waals surface area contributed by atoms with Gasteiger partial charge in [0, 0.05) is 51.6 Å². The monoisotopic (exact) mass is 536 g/mol. The van der Waals surface area contributed by atoms with Crippen molar-refractivity contribution in [3.63, 3.8) is 0 Å². The summed E-state index contributed by atoms with van der Waals surface area (Å²) in [6, 6.07) is 14.5. The largest absolute Gasteiger partial charge is 0.381 e. The van der Waals surface area contributed by atoms with E-state index in [1.807, 2.05) is 36.4 Å². The first-order valence-corrected chi connectivity index (χ1v) is 12.3. The highest BCUT2D eigenvalue weighted by molar-refractivity contribution is 9.10. The fourth-order valence-corrected chi connectivity index (χ4v) is 5.70. The van der Waals surface area contributed by atoms with Gasteiger partial charge in [-0.15, -0.1) is 5.10 Å². The van der Waals surface area contributed by atoms with Gasteiger partial charge in [-0.05, 0) is 55.9 Å². The maximum Gasteiger partial charge on any atom is 0.128 e. The molecule has 1 aliphatic rings. The molecule has 1 saturated heterocycles. The second-order valence-corrected chi connectivity index (χ2v) is 9.87. The van der Waals surface area contributed by atoms with Crippen molar-refractivity contribution >= 4 is 37.9 Å². The van der Waals surface area contributed by atoms with Gasteiger partial charge < -0.3 is 9.30 Å². The Hall–Kier alpha value is -3.10. The number of halogens is 2. The van der Waals surface area contributed by atoms with Crippen LogP contribution >= 0.6 is 15.9 Å². The minimum Gasteiger partial charge on any atom is -0.381 e. The summed E-state index contributed by atoms with van der Waals surface area (Å²) in [6.45, 7) is -1.21. The Morgan fingerprint density at radius 3 is 2.77 bits per heavy atom. The van der Waals surface area contributed by atoms with Crippen LogP contribution in [0.2, 0.25) is 0 Å². The van der Waals surface area contributed by atoms with Gasteiger partial charge in [0.1, 0.15) is 5.82 Å². The molecule has 8 heteroatoms. The minimum atomic E-state index is -2.44. The fourth-order valence-electron chi connectivity index (χ4n) is 5.34. The van der Waals surface area contributed by atoms with Gasteiger partial charge in [-0.1, -0.05) is 39.3 Å². The lowest BCUT2D eigenvalue weighted by molar-refractivity contribution is 0.0548. The molecule has 0 unspecified atom stereocenters. The molecule has 5 aromatic rings. The summed E-state index contributed by atoms with van der Waals surface area (Å²) in [5.74, 6) is -0.135. The van der Waals surface area contributed by atoms with Crippen LogP contribution in [0.1, 0.15) is 34.3 Å². The predicted octanol–water partition coefficient (Wildman–Crippen LogP) is 6.21. The number of nitrogens with zero attached hydrogens (tertiary/aromatic N) is 5. The third-order valence-electron chi connectivity index (χ3n) is 6.92. The minimum absolute atomic E-state index is 0.0818. The molecule has 6 rings (SSSR count). The van der Waals surface area contributed by atoms with Gasteiger partial charge in [-0.25, -0.2) is 9.07 Å². The maximum atomic E-state index is 15.4. The van der Waals surface area contributed by atoms with E-state index in [1.54, 1.807) is 19.3 Å². The van der Waals surface area contributed by atoms with Crippen LogP contribution in [0.25, 0.3) is 33.2 Å². The summed E-state index contributed by atoms with van der Waals surface area (Å²) in [5, 5.41) is 8.85. The van der Waals surface area contributed by atoms with E-state index >= 15 is 4.39 Å². The molecule has 4 heterocycles. The van der Waals surface area contributed by atoms with E-state index in [0.717, 1.165) is 39.3 Å². The standard InChI is InChI=1S/C27H25BrFN5O/c1-16-26(33(2)32-31-16)18-13-24-25(30-15-18)21-14-19(28)7-8-23(21)34(24)27(17-9-11-35-12-10-17)20-5-3-4-6-22(20)29/h3-8,13-15,17,27H,9-12H2,1-2H3/t27-/m0/s1/i1D3. The van der Waals surface area contributed by atoms with Crippen molar-refractivity contribution in [1.82, 2.24) is 24.5 Å². The molecule has 0 N–H and O–H groups in total. The molecule has 1 fully saturated rings. The molecule has 0 radical (unpaired) electrons. The molecule has 0 bridgehead atoms. The van der Waals surface area contributed by atoms with E-state index in [4.69, 9.17) is 13.8 Å². The number of hydrogen-bond acceptors (Lipinski definition) is 4. The van der Waals surface area contributed by atoms with Crippen LogP contribution < -0.4 is 0 Å². The lowest BCUT2D eigenvalue weighted by atomic mass is 9.86. The zero-order valence-corrected chi connectivity index (χ0v) is 20.7. The summed E-state index contributed by atoms with van der Waals surface area (Å²) in [4.78, 5) is 4.82. The third-order valence-corrected chi connectivity index (χ3v) is 7.41. The van der Waals surface area contributed by atoms with Crippen LogP contribution in [0.15, 0.2) is 59.2 Å². The third kappa shape index (κ3) is 3.76. The quantitative estimate of drug-likeness (QED) is 0.274. The molecule has 2 aromatic carbocycles. The zero-order valence-electron chi connectivity index (χ0n) is 22.1. The van der Waals surface area contributed by atoms with Crippen LogP contribution in [-0.2, 0) is 11.8 Å². The van der Waals surface area contributed by atoms with Gasteiger partial charge in [0.2, 0.25) is 0 Å². The Morgan fingerprint density at radius 1 is 1.14 bits per heavy atom. The van der Waals surface area contributed by atoms with Gasteiger partial charge in [0.15, 0.2) is 0 Å². The fraction of sp³-hybridized carbons (Fsp3) is 0.296. The molecular formula is C27H25BrFN5O. The zero-order chi connectivity index (χ0) is 26.6. The van der Waals surface area contributed by atoms with Crippen molar-refractivity contribution in [2.24, 2.45) is 13.0 Å². The van der Waals surface area contributed by atoms with Crippen LogP contribution in [-0.4, -0.2) is 37.8 Å². The van der Waals surface area contributed by atoms with Crippen molar-refractivity contribution in [2.45, 2.75) is 25.7 Å². The lowest BCUT2D eigenvalue weighted by Crippen LogP contribution is -2.27. The molecule has 178 valence electrons. The van der Waals surface area contributed by atoms with Crippen molar-refractivity contribution in [1.29, 1.82) is 0 Å². The molecule has 6 nitrogen and oxygen atoms in total. The Bertz CT molecular complexity index is 1660. The van der Waals surface area contributed by atoms with Crippen molar-refractivity contribution in [3.8, 4) is 11.3 Å². The van der Waals surface area contributed by atoms with Crippen LogP contribution in [0.3, 0.4) is 0 Å². The number of hydrogen-bond donors (Lipinski definition) is 0. The van der Waals surface area contributed by atoms with Gasteiger partial charge in [-0.2, -0.15) is 0 Å². The first kappa shape index (κ1) is 19.1. The maximum absolute atomic E-state index is 15.4. The summed E-state index contributed by atoms with van der Waals surface area (Å²) >= 11 is 3.59. The van der Waals surface area contributed by atoms with Crippen LogP contribution in [0.4, 0.5) is 4.39 Å². The number of aryl methyl sites for hydroxylation is 2. The smallest absolute Gasteiger partial charge is 0.128 e. The predicted molar refractivity (Wildman–Crippen MR) is 138 cm³/mol. The topological polar surface area (TPSA) is 57.8 Å². The molecule has 0 saturated carbocycles. The molecule has 3 aromatic heterocycles. The van der Waals surface area contributed by atoms with E-state index < -0.39 is 6.85 Å². The number of pyridine rings is 1. The number of benzene rings is 2. The molecule has 0 amide bonds. The number of fused-ring (bicyclic) bond motifs is 3. The van der Waals surface area contributed by atoms with E-state index in [2.05, 4.69) is 30.8 Å². The number of rotatable bonds is 4. The number of aromatic nitrogens is 5. The van der Waals surface area contributed by atoms with Gasteiger partial charge in [0.25, 0.3) is 0 Å². The molecule has 0 aliphatic carbocycles. The van der Waals surface area contributed by atoms with E-state index in [9.17, 15) is 0 Å². The first-order valence-electron chi connectivity index (χ1n) is 13.1.